The second kappa shape index (κ2) is 9.38. The van der Waals surface area contributed by atoms with Crippen LogP contribution in [0.5, 0.6) is 11.5 Å². The van der Waals surface area contributed by atoms with E-state index in [1.54, 1.807) is 44.0 Å². The molecule has 0 spiro atoms. The molecule has 0 saturated heterocycles. The number of benzene rings is 2. The van der Waals surface area contributed by atoms with E-state index in [-0.39, 0.29) is 5.91 Å². The van der Waals surface area contributed by atoms with Gasteiger partial charge in [-0.05, 0) is 24.6 Å². The van der Waals surface area contributed by atoms with E-state index in [0.29, 0.717) is 16.6 Å². The van der Waals surface area contributed by atoms with Gasteiger partial charge < -0.3 is 9.47 Å². The fraction of sp³-hybridized carbons (Fsp3) is 0.211. The van der Waals surface area contributed by atoms with E-state index in [4.69, 9.17) is 9.47 Å². The third-order valence-corrected chi connectivity index (χ3v) is 5.61. The van der Waals surface area contributed by atoms with Gasteiger partial charge in [-0.15, -0.1) is 10.2 Å². The van der Waals surface area contributed by atoms with Gasteiger partial charge in [0.25, 0.3) is 5.91 Å². The molecule has 1 aromatic heterocycles. The van der Waals surface area contributed by atoms with Crippen LogP contribution in [0.25, 0.3) is 0 Å². The predicted molar refractivity (Wildman–Crippen MR) is 108 cm³/mol. The van der Waals surface area contributed by atoms with E-state index in [2.05, 4.69) is 27.6 Å². The second-order valence-corrected chi connectivity index (χ2v) is 7.78. The standard InChI is InChI=1S/C19H19N3O3S2/c1-13(25-16-10-6-9-15(11-16)24-2)17(23)20-18-21-22-19(27-18)26-12-14-7-4-3-5-8-14/h3-11,13H,12H2,1-2H3,(H,20,21,23)/t13-/m1/s1. The summed E-state index contributed by atoms with van der Waals surface area (Å²) in [7, 11) is 1.58. The highest BCUT2D eigenvalue weighted by Crippen LogP contribution is 2.28. The predicted octanol–water partition coefficient (Wildman–Crippen LogP) is 4.25. The monoisotopic (exact) mass is 401 g/mol. The molecule has 0 radical (unpaired) electrons. The van der Waals surface area contributed by atoms with Gasteiger partial charge in [0, 0.05) is 11.8 Å². The lowest BCUT2D eigenvalue weighted by molar-refractivity contribution is -0.122. The smallest absolute Gasteiger partial charge is 0.266 e. The molecule has 6 nitrogen and oxygen atoms in total. The Morgan fingerprint density at radius 3 is 2.70 bits per heavy atom. The molecule has 1 heterocycles. The minimum Gasteiger partial charge on any atom is -0.497 e. The molecule has 0 saturated carbocycles. The number of thioether (sulfide) groups is 1. The van der Waals surface area contributed by atoms with Crippen molar-refractivity contribution in [2.45, 2.75) is 23.1 Å². The summed E-state index contributed by atoms with van der Waals surface area (Å²) in [5.74, 6) is 1.75. The first-order chi connectivity index (χ1) is 13.1. The van der Waals surface area contributed by atoms with Crippen LogP contribution in [0.2, 0.25) is 0 Å². The van der Waals surface area contributed by atoms with Gasteiger partial charge in [0.1, 0.15) is 11.5 Å². The number of carbonyl (C=O) groups is 1. The van der Waals surface area contributed by atoms with Crippen molar-refractivity contribution < 1.29 is 14.3 Å². The zero-order valence-electron chi connectivity index (χ0n) is 14.9. The summed E-state index contributed by atoms with van der Waals surface area (Å²) in [6, 6.07) is 17.2. The number of hydrogen-bond acceptors (Lipinski definition) is 7. The molecule has 0 fully saturated rings. The number of carbonyl (C=O) groups excluding carboxylic acids is 1. The first kappa shape index (κ1) is 19.2. The summed E-state index contributed by atoms with van der Waals surface area (Å²) < 4.78 is 11.6. The highest BCUT2D eigenvalue weighted by atomic mass is 32.2. The summed E-state index contributed by atoms with van der Waals surface area (Å²) in [6.07, 6.45) is -0.679. The normalized spacial score (nSPS) is 11.6. The summed E-state index contributed by atoms with van der Waals surface area (Å²) >= 11 is 2.93. The minimum atomic E-state index is -0.679. The molecule has 1 N–H and O–H groups in total. The largest absolute Gasteiger partial charge is 0.497 e. The van der Waals surface area contributed by atoms with Gasteiger partial charge in [0.15, 0.2) is 10.4 Å². The summed E-state index contributed by atoms with van der Waals surface area (Å²) in [5, 5.41) is 11.3. The topological polar surface area (TPSA) is 73.3 Å². The molecular weight excluding hydrogens is 382 g/mol. The van der Waals surface area contributed by atoms with Crippen molar-refractivity contribution in [2.75, 3.05) is 12.4 Å². The Morgan fingerprint density at radius 1 is 1.15 bits per heavy atom. The number of ether oxygens (including phenoxy) is 2. The molecule has 3 rings (SSSR count). The van der Waals surface area contributed by atoms with Crippen LogP contribution < -0.4 is 14.8 Å². The van der Waals surface area contributed by atoms with Gasteiger partial charge in [-0.25, -0.2) is 0 Å². The Kier molecular flexibility index (Phi) is 6.67. The summed E-state index contributed by atoms with van der Waals surface area (Å²) in [4.78, 5) is 12.3. The van der Waals surface area contributed by atoms with Crippen LogP contribution in [0.1, 0.15) is 12.5 Å². The number of nitrogens with one attached hydrogen (secondary N) is 1. The Labute approximate surface area is 165 Å². The maximum absolute atomic E-state index is 12.3. The summed E-state index contributed by atoms with van der Waals surface area (Å²) in [6.45, 7) is 1.68. The molecule has 0 unspecified atom stereocenters. The molecule has 140 valence electrons. The molecule has 27 heavy (non-hydrogen) atoms. The molecule has 0 aliphatic heterocycles. The SMILES string of the molecule is COc1cccc(O[C@H](C)C(=O)Nc2nnc(SCc3ccccc3)s2)c1. The maximum Gasteiger partial charge on any atom is 0.266 e. The lowest BCUT2D eigenvalue weighted by Crippen LogP contribution is -2.30. The summed E-state index contributed by atoms with van der Waals surface area (Å²) in [5.41, 5.74) is 1.21. The highest BCUT2D eigenvalue weighted by molar-refractivity contribution is 8.00. The van der Waals surface area contributed by atoms with Gasteiger partial charge in [-0.1, -0.05) is 59.5 Å². The Morgan fingerprint density at radius 2 is 1.93 bits per heavy atom. The van der Waals surface area contributed by atoms with Gasteiger partial charge in [-0.2, -0.15) is 0 Å². The van der Waals surface area contributed by atoms with Crippen molar-refractivity contribution in [3.63, 3.8) is 0 Å². The van der Waals surface area contributed by atoms with Crippen molar-refractivity contribution in [1.29, 1.82) is 0 Å². The Bertz CT molecular complexity index is 887. The Balaban J connectivity index is 1.52. The van der Waals surface area contributed by atoms with Crippen LogP contribution in [0.15, 0.2) is 58.9 Å². The van der Waals surface area contributed by atoms with Crippen LogP contribution in [-0.4, -0.2) is 29.3 Å². The first-order valence-corrected chi connectivity index (χ1v) is 10.1. The van der Waals surface area contributed by atoms with Crippen molar-refractivity contribution in [3.8, 4) is 11.5 Å². The second-order valence-electron chi connectivity index (χ2n) is 5.58. The lowest BCUT2D eigenvalue weighted by Gasteiger charge is -2.14. The molecule has 1 amide bonds. The number of hydrogen-bond donors (Lipinski definition) is 1. The molecule has 3 aromatic rings. The number of methoxy groups -OCH3 is 1. The van der Waals surface area contributed by atoms with Crippen molar-refractivity contribution in [2.24, 2.45) is 0 Å². The van der Waals surface area contributed by atoms with Gasteiger partial charge in [-0.3, -0.25) is 10.1 Å². The molecule has 2 aromatic carbocycles. The zero-order valence-corrected chi connectivity index (χ0v) is 16.5. The molecular formula is C19H19N3O3S2. The Hall–Kier alpha value is -2.58. The van der Waals surface area contributed by atoms with E-state index in [9.17, 15) is 4.79 Å². The molecule has 1 atom stereocenters. The third kappa shape index (κ3) is 5.70. The average molecular weight is 402 g/mol. The quantitative estimate of drug-likeness (QED) is 0.449. The molecule has 8 heteroatoms. The zero-order chi connectivity index (χ0) is 19.1. The van der Waals surface area contributed by atoms with E-state index in [0.717, 1.165) is 10.1 Å². The van der Waals surface area contributed by atoms with Gasteiger partial charge in [0.2, 0.25) is 5.13 Å². The van der Waals surface area contributed by atoms with Gasteiger partial charge in [0.05, 0.1) is 7.11 Å². The number of aromatic nitrogens is 2. The fourth-order valence-corrected chi connectivity index (χ4v) is 3.89. The average Bonchev–Trinajstić information content (AvgIpc) is 3.14. The van der Waals surface area contributed by atoms with Crippen LogP contribution in [0, 0.1) is 0 Å². The number of amides is 1. The third-order valence-electron chi connectivity index (χ3n) is 3.57. The number of rotatable bonds is 8. The molecule has 0 aliphatic rings. The van der Waals surface area contributed by atoms with Crippen molar-refractivity contribution >= 4 is 34.1 Å². The maximum atomic E-state index is 12.3. The van der Waals surface area contributed by atoms with Crippen LogP contribution in [-0.2, 0) is 10.5 Å². The fourth-order valence-electron chi connectivity index (χ4n) is 2.18. The number of nitrogens with zero attached hydrogens (tertiary/aromatic N) is 2. The number of anilines is 1. The molecule has 0 aliphatic carbocycles. The van der Waals surface area contributed by atoms with Crippen LogP contribution in [0.3, 0.4) is 0 Å². The van der Waals surface area contributed by atoms with E-state index in [1.165, 1.54) is 16.9 Å². The van der Waals surface area contributed by atoms with Crippen LogP contribution >= 0.6 is 23.1 Å². The van der Waals surface area contributed by atoms with Crippen molar-refractivity contribution in [1.82, 2.24) is 10.2 Å². The van der Waals surface area contributed by atoms with Crippen molar-refractivity contribution in [3.05, 3.63) is 60.2 Å². The van der Waals surface area contributed by atoms with E-state index < -0.39 is 6.10 Å². The lowest BCUT2D eigenvalue weighted by atomic mass is 10.2. The van der Waals surface area contributed by atoms with Crippen LogP contribution in [0.4, 0.5) is 5.13 Å². The van der Waals surface area contributed by atoms with E-state index >= 15 is 0 Å². The highest BCUT2D eigenvalue weighted by Gasteiger charge is 2.17. The first-order valence-electron chi connectivity index (χ1n) is 8.26. The minimum absolute atomic E-state index is 0.284. The van der Waals surface area contributed by atoms with Gasteiger partial charge >= 0.3 is 0 Å². The van der Waals surface area contributed by atoms with E-state index in [1.807, 2.05) is 24.3 Å². The molecule has 0 bridgehead atoms.